The number of carbonyl (C=O) groups is 1. The van der Waals surface area contributed by atoms with Crippen molar-refractivity contribution in [3.8, 4) is 5.75 Å². The number of carbonyl (C=O) groups excluding carboxylic acids is 1. The number of nitrogens with two attached hydrogens (primary N) is 1. The Morgan fingerprint density at radius 2 is 2.22 bits per heavy atom. The zero-order valence-corrected chi connectivity index (χ0v) is 10.7. The Hall–Kier alpha value is -1.71. The second-order valence-corrected chi connectivity index (χ2v) is 4.97. The highest BCUT2D eigenvalue weighted by atomic mass is 16.3. The molecule has 4 nitrogen and oxygen atoms in total. The molecular weight excluding hydrogens is 228 g/mol. The van der Waals surface area contributed by atoms with Gasteiger partial charge in [-0.3, -0.25) is 4.79 Å². The summed E-state index contributed by atoms with van der Waals surface area (Å²) in [6.45, 7) is 3.66. The van der Waals surface area contributed by atoms with E-state index in [0.717, 1.165) is 19.5 Å². The van der Waals surface area contributed by atoms with E-state index in [9.17, 15) is 9.90 Å². The lowest BCUT2D eigenvalue weighted by atomic mass is 10.1. The summed E-state index contributed by atoms with van der Waals surface area (Å²) in [6, 6.07) is 4.70. The first-order valence-corrected chi connectivity index (χ1v) is 6.49. The SMILES string of the molecule is CCCN(CC1CC1)C(=O)c1ccc(N)c(O)c1. The number of phenolic OH excluding ortho intramolecular Hbond substituents is 1. The fourth-order valence-electron chi connectivity index (χ4n) is 2.02. The summed E-state index contributed by atoms with van der Waals surface area (Å²) in [5, 5.41) is 9.56. The molecule has 0 radical (unpaired) electrons. The van der Waals surface area contributed by atoms with Crippen LogP contribution < -0.4 is 5.73 Å². The third kappa shape index (κ3) is 2.94. The molecule has 3 N–H and O–H groups in total. The lowest BCUT2D eigenvalue weighted by molar-refractivity contribution is 0.0747. The average Bonchev–Trinajstić information content (AvgIpc) is 3.15. The summed E-state index contributed by atoms with van der Waals surface area (Å²) in [5.74, 6) is 0.630. The minimum absolute atomic E-state index is 0.0148. The molecule has 0 bridgehead atoms. The second kappa shape index (κ2) is 5.29. The molecule has 0 atom stereocenters. The van der Waals surface area contributed by atoms with Gasteiger partial charge in [-0.05, 0) is 43.4 Å². The first-order valence-electron chi connectivity index (χ1n) is 6.49. The molecule has 0 aliphatic heterocycles. The monoisotopic (exact) mass is 248 g/mol. The highest BCUT2D eigenvalue weighted by Gasteiger charge is 2.27. The van der Waals surface area contributed by atoms with Crippen molar-refractivity contribution in [3.63, 3.8) is 0 Å². The molecular formula is C14H20N2O2. The van der Waals surface area contributed by atoms with E-state index >= 15 is 0 Å². The molecule has 1 saturated carbocycles. The van der Waals surface area contributed by atoms with E-state index in [4.69, 9.17) is 5.73 Å². The number of benzene rings is 1. The van der Waals surface area contributed by atoms with Crippen LogP contribution in [0, 0.1) is 5.92 Å². The fraction of sp³-hybridized carbons (Fsp3) is 0.500. The van der Waals surface area contributed by atoms with E-state index < -0.39 is 0 Å². The summed E-state index contributed by atoms with van der Waals surface area (Å²) >= 11 is 0. The smallest absolute Gasteiger partial charge is 0.253 e. The molecule has 1 aliphatic carbocycles. The van der Waals surface area contributed by atoms with Crippen molar-refractivity contribution in [1.82, 2.24) is 4.90 Å². The molecule has 1 aromatic carbocycles. The normalized spacial score (nSPS) is 14.5. The number of nitrogens with zero attached hydrogens (tertiary/aromatic N) is 1. The maximum absolute atomic E-state index is 12.3. The number of amides is 1. The predicted octanol–water partition coefficient (Wildman–Crippen LogP) is 2.24. The number of hydrogen-bond donors (Lipinski definition) is 2. The third-order valence-corrected chi connectivity index (χ3v) is 3.23. The van der Waals surface area contributed by atoms with Crippen molar-refractivity contribution < 1.29 is 9.90 Å². The van der Waals surface area contributed by atoms with Gasteiger partial charge >= 0.3 is 0 Å². The minimum atomic E-state index is -0.0243. The lowest BCUT2D eigenvalue weighted by Gasteiger charge is -2.22. The van der Waals surface area contributed by atoms with Gasteiger partial charge in [0.15, 0.2) is 0 Å². The van der Waals surface area contributed by atoms with Crippen LogP contribution in [0.2, 0.25) is 0 Å². The standard InChI is InChI=1S/C14H20N2O2/c1-2-7-16(9-10-3-4-10)14(18)11-5-6-12(15)13(17)8-11/h5-6,8,10,17H,2-4,7,9,15H2,1H3. The highest BCUT2D eigenvalue weighted by molar-refractivity contribution is 5.95. The van der Waals surface area contributed by atoms with Crippen LogP contribution >= 0.6 is 0 Å². The number of rotatable bonds is 5. The maximum Gasteiger partial charge on any atom is 0.253 e. The summed E-state index contributed by atoms with van der Waals surface area (Å²) in [7, 11) is 0. The molecule has 1 amide bonds. The van der Waals surface area contributed by atoms with Gasteiger partial charge in [0.25, 0.3) is 5.91 Å². The third-order valence-electron chi connectivity index (χ3n) is 3.23. The molecule has 2 rings (SSSR count). The minimum Gasteiger partial charge on any atom is -0.506 e. The second-order valence-electron chi connectivity index (χ2n) is 4.97. The van der Waals surface area contributed by atoms with Crippen LogP contribution in [-0.2, 0) is 0 Å². The van der Waals surface area contributed by atoms with Crippen LogP contribution in [-0.4, -0.2) is 29.0 Å². The zero-order valence-electron chi connectivity index (χ0n) is 10.7. The molecule has 1 fully saturated rings. The van der Waals surface area contributed by atoms with Gasteiger partial charge in [-0.1, -0.05) is 6.92 Å². The molecule has 0 spiro atoms. The number of hydrogen-bond acceptors (Lipinski definition) is 3. The molecule has 1 aliphatic rings. The van der Waals surface area contributed by atoms with Gasteiger partial charge < -0.3 is 15.7 Å². The lowest BCUT2D eigenvalue weighted by Crippen LogP contribution is -2.33. The Kier molecular flexibility index (Phi) is 3.75. The summed E-state index contributed by atoms with van der Waals surface area (Å²) in [5.41, 5.74) is 6.35. The molecule has 0 unspecified atom stereocenters. The Balaban J connectivity index is 2.12. The Labute approximate surface area is 107 Å². The topological polar surface area (TPSA) is 66.6 Å². The van der Waals surface area contributed by atoms with Crippen molar-refractivity contribution in [2.75, 3.05) is 18.8 Å². The van der Waals surface area contributed by atoms with Gasteiger partial charge in [0, 0.05) is 18.7 Å². The first-order chi connectivity index (χ1) is 8.61. The van der Waals surface area contributed by atoms with Gasteiger partial charge in [-0.2, -0.15) is 0 Å². The van der Waals surface area contributed by atoms with Crippen LogP contribution in [0.4, 0.5) is 5.69 Å². The highest BCUT2D eigenvalue weighted by Crippen LogP contribution is 2.30. The molecule has 0 aromatic heterocycles. The van der Waals surface area contributed by atoms with E-state index in [1.54, 1.807) is 12.1 Å². The first kappa shape index (κ1) is 12.7. The van der Waals surface area contributed by atoms with Crippen molar-refractivity contribution in [3.05, 3.63) is 23.8 Å². The van der Waals surface area contributed by atoms with Crippen LogP contribution in [0.15, 0.2) is 18.2 Å². The Bertz CT molecular complexity index is 441. The Morgan fingerprint density at radius 3 is 2.78 bits per heavy atom. The summed E-state index contributed by atoms with van der Waals surface area (Å²) < 4.78 is 0. The average molecular weight is 248 g/mol. The van der Waals surface area contributed by atoms with Crippen molar-refractivity contribution in [2.45, 2.75) is 26.2 Å². The van der Waals surface area contributed by atoms with Crippen LogP contribution in [0.3, 0.4) is 0 Å². The van der Waals surface area contributed by atoms with Crippen LogP contribution in [0.1, 0.15) is 36.5 Å². The van der Waals surface area contributed by atoms with Gasteiger partial charge in [-0.25, -0.2) is 0 Å². The Morgan fingerprint density at radius 1 is 1.50 bits per heavy atom. The summed E-state index contributed by atoms with van der Waals surface area (Å²) in [6.07, 6.45) is 3.39. The van der Waals surface area contributed by atoms with Crippen molar-refractivity contribution >= 4 is 11.6 Å². The molecule has 4 heteroatoms. The number of phenols is 1. The van der Waals surface area contributed by atoms with Gasteiger partial charge in [0.1, 0.15) is 5.75 Å². The largest absolute Gasteiger partial charge is 0.506 e. The summed E-state index contributed by atoms with van der Waals surface area (Å²) in [4.78, 5) is 14.2. The van der Waals surface area contributed by atoms with Crippen molar-refractivity contribution in [2.24, 2.45) is 5.92 Å². The predicted molar refractivity (Wildman–Crippen MR) is 71.4 cm³/mol. The molecule has 1 aromatic rings. The van der Waals surface area contributed by atoms with Crippen LogP contribution in [0.25, 0.3) is 0 Å². The zero-order chi connectivity index (χ0) is 13.1. The van der Waals surface area contributed by atoms with Crippen molar-refractivity contribution in [1.29, 1.82) is 0 Å². The van der Waals surface area contributed by atoms with Gasteiger partial charge in [0.2, 0.25) is 0 Å². The molecule has 18 heavy (non-hydrogen) atoms. The number of anilines is 1. The molecule has 0 saturated heterocycles. The fourth-order valence-corrected chi connectivity index (χ4v) is 2.02. The van der Waals surface area contributed by atoms with Gasteiger partial charge in [0.05, 0.1) is 5.69 Å². The van der Waals surface area contributed by atoms with Crippen LogP contribution in [0.5, 0.6) is 5.75 Å². The van der Waals surface area contributed by atoms with E-state index in [-0.39, 0.29) is 11.7 Å². The number of aromatic hydroxyl groups is 1. The molecule has 98 valence electrons. The number of nitrogen functional groups attached to an aromatic ring is 1. The van der Waals surface area contributed by atoms with Gasteiger partial charge in [-0.15, -0.1) is 0 Å². The quantitative estimate of drug-likeness (QED) is 0.620. The van der Waals surface area contributed by atoms with E-state index in [2.05, 4.69) is 6.92 Å². The van der Waals surface area contributed by atoms with E-state index in [1.807, 2.05) is 4.90 Å². The van der Waals surface area contributed by atoms with E-state index in [1.165, 1.54) is 18.9 Å². The molecule has 0 heterocycles. The maximum atomic E-state index is 12.3. The van der Waals surface area contributed by atoms with E-state index in [0.29, 0.717) is 17.2 Å².